The van der Waals surface area contributed by atoms with Gasteiger partial charge in [-0.25, -0.2) is 0 Å². The zero-order valence-corrected chi connectivity index (χ0v) is 10.9. The summed E-state index contributed by atoms with van der Waals surface area (Å²) in [6, 6.07) is 0. The lowest BCUT2D eigenvalue weighted by Gasteiger charge is -2.10. The molecule has 0 heterocycles. The third-order valence-corrected chi connectivity index (χ3v) is 2.16. The molecule has 0 aromatic heterocycles. The van der Waals surface area contributed by atoms with Crippen molar-refractivity contribution in [3.8, 4) is 0 Å². The second-order valence-corrected chi connectivity index (χ2v) is 3.21. The molecule has 15 heavy (non-hydrogen) atoms. The molecule has 1 unspecified atom stereocenters. The average Bonchev–Trinajstić information content (AvgIpc) is 2.73. The molecule has 4 nitrogen and oxygen atoms in total. The topological polar surface area (TPSA) is 95.1 Å². The van der Waals surface area contributed by atoms with Crippen LogP contribution in [-0.4, -0.2) is 26.9 Å². The first kappa shape index (κ1) is 20.0. The first-order valence-electron chi connectivity index (χ1n) is 5.47. The van der Waals surface area contributed by atoms with E-state index in [4.69, 9.17) is 0 Å². The Morgan fingerprint density at radius 2 is 1.47 bits per heavy atom. The summed E-state index contributed by atoms with van der Waals surface area (Å²) in [7, 11) is 4.50. The predicted octanol–water partition coefficient (Wildman–Crippen LogP) is 0.736. The fourth-order valence-corrected chi connectivity index (χ4v) is 1.55. The van der Waals surface area contributed by atoms with E-state index in [0.717, 1.165) is 19.3 Å². The van der Waals surface area contributed by atoms with Gasteiger partial charge in [-0.05, 0) is 39.9 Å². The van der Waals surface area contributed by atoms with E-state index < -0.39 is 0 Å². The van der Waals surface area contributed by atoms with Crippen molar-refractivity contribution in [3.05, 3.63) is 0 Å². The van der Waals surface area contributed by atoms with E-state index in [2.05, 4.69) is 31.0 Å². The third kappa shape index (κ3) is 9.85. The minimum Gasteiger partial charge on any atom is -0.333 e. The van der Waals surface area contributed by atoms with Crippen LogP contribution in [0.5, 0.6) is 0 Å². The first-order chi connectivity index (χ1) is 7.22. The van der Waals surface area contributed by atoms with Crippen LogP contribution in [-0.2, 0) is 4.79 Å². The van der Waals surface area contributed by atoms with E-state index in [-0.39, 0.29) is 0 Å². The lowest BCUT2D eigenvalue weighted by molar-refractivity contribution is -0.121. The highest BCUT2D eigenvalue weighted by Gasteiger charge is 2.26. The third-order valence-electron chi connectivity index (χ3n) is 2.16. The Labute approximate surface area is 94.6 Å². The number of carbonyl (C=O) groups is 1. The van der Waals surface area contributed by atoms with Gasteiger partial charge >= 0.3 is 0 Å². The molecule has 94 valence electrons. The van der Waals surface area contributed by atoms with Crippen LogP contribution in [0.2, 0.25) is 0 Å². The van der Waals surface area contributed by atoms with E-state index in [1.54, 1.807) is 0 Å². The maximum absolute atomic E-state index is 11.0. The molecule has 1 saturated carbocycles. The molecule has 1 aliphatic carbocycles. The van der Waals surface area contributed by atoms with E-state index >= 15 is 0 Å². The minimum atomic E-state index is 0.394. The van der Waals surface area contributed by atoms with Crippen molar-refractivity contribution in [2.24, 2.45) is 29.0 Å². The molecule has 0 spiro atoms. The molecule has 1 atom stereocenters. The van der Waals surface area contributed by atoms with Crippen LogP contribution >= 0.6 is 0 Å². The number of hydrogen-bond acceptors (Lipinski definition) is 4. The van der Waals surface area contributed by atoms with Gasteiger partial charge in [0.15, 0.2) is 0 Å². The van der Waals surface area contributed by atoms with E-state index in [1.807, 2.05) is 0 Å². The Hall–Kier alpha value is -0.450. The summed E-state index contributed by atoms with van der Waals surface area (Å²) in [5.41, 5.74) is 13.5. The monoisotopic (exact) mass is 219 g/mol. The van der Waals surface area contributed by atoms with Gasteiger partial charge in [0.1, 0.15) is 5.78 Å². The second kappa shape index (κ2) is 16.0. The van der Waals surface area contributed by atoms with Gasteiger partial charge in [0.2, 0.25) is 0 Å². The normalized spacial score (nSPS) is 17.9. The maximum atomic E-state index is 11.0. The smallest absolute Gasteiger partial charge is 0.136 e. The zero-order chi connectivity index (χ0) is 12.9. The van der Waals surface area contributed by atoms with Crippen LogP contribution in [0, 0.1) is 11.8 Å². The highest BCUT2D eigenvalue weighted by molar-refractivity contribution is 5.83. The summed E-state index contributed by atoms with van der Waals surface area (Å²) < 4.78 is 0. The minimum absolute atomic E-state index is 0.394. The lowest BCUT2D eigenvalue weighted by atomic mass is 9.94. The summed E-state index contributed by atoms with van der Waals surface area (Å²) >= 11 is 0. The van der Waals surface area contributed by atoms with E-state index in [0.29, 0.717) is 17.6 Å². The van der Waals surface area contributed by atoms with Crippen LogP contribution in [0.4, 0.5) is 0 Å². The largest absolute Gasteiger partial charge is 0.333 e. The molecule has 1 aliphatic rings. The summed E-state index contributed by atoms with van der Waals surface area (Å²) in [4.78, 5) is 11.0. The van der Waals surface area contributed by atoms with Gasteiger partial charge in [-0.15, -0.1) is 0 Å². The molecule has 0 aliphatic heterocycles. The Balaban J connectivity index is -0.000000208. The SMILES string of the molecule is CC(C)C1CCCC1=O.CN.CN.CN. The molecule has 0 bridgehead atoms. The molecule has 0 aromatic rings. The number of ketones is 1. The van der Waals surface area contributed by atoms with Crippen LogP contribution in [0.15, 0.2) is 0 Å². The highest BCUT2D eigenvalue weighted by Crippen LogP contribution is 2.27. The molecular formula is C11H29N3O. The summed E-state index contributed by atoms with van der Waals surface area (Å²) in [5.74, 6) is 1.45. The zero-order valence-electron chi connectivity index (χ0n) is 10.9. The number of hydrogen-bond donors (Lipinski definition) is 3. The second-order valence-electron chi connectivity index (χ2n) is 3.21. The molecular weight excluding hydrogens is 190 g/mol. The highest BCUT2D eigenvalue weighted by atomic mass is 16.1. The van der Waals surface area contributed by atoms with Crippen molar-refractivity contribution in [1.82, 2.24) is 0 Å². The molecule has 0 aromatic carbocycles. The summed E-state index contributed by atoms with van der Waals surface area (Å²) in [6.45, 7) is 4.27. The maximum Gasteiger partial charge on any atom is 0.136 e. The van der Waals surface area contributed by atoms with Crippen molar-refractivity contribution in [3.63, 3.8) is 0 Å². The van der Waals surface area contributed by atoms with Crippen LogP contribution < -0.4 is 17.2 Å². The van der Waals surface area contributed by atoms with E-state index in [9.17, 15) is 4.79 Å². The van der Waals surface area contributed by atoms with Crippen molar-refractivity contribution in [2.75, 3.05) is 21.1 Å². The molecule has 1 rings (SSSR count). The number of Topliss-reactive ketones (excluding diaryl/α,β-unsaturated/α-hetero) is 1. The van der Waals surface area contributed by atoms with Gasteiger partial charge in [-0.1, -0.05) is 13.8 Å². The number of nitrogens with two attached hydrogens (primary N) is 3. The standard InChI is InChI=1S/C8H14O.3CH5N/c1-6(2)7-4-3-5-8(7)9;3*1-2/h6-7H,3-5H2,1-2H3;3*2H2,1H3. The Morgan fingerprint density at radius 3 is 1.60 bits per heavy atom. The molecule has 1 fully saturated rings. The Kier molecular flexibility index (Phi) is 21.4. The van der Waals surface area contributed by atoms with Crippen molar-refractivity contribution in [1.29, 1.82) is 0 Å². The van der Waals surface area contributed by atoms with Crippen molar-refractivity contribution >= 4 is 5.78 Å². The molecule has 4 heteroatoms. The average molecular weight is 219 g/mol. The first-order valence-corrected chi connectivity index (χ1v) is 5.47. The van der Waals surface area contributed by atoms with Gasteiger partial charge in [0.05, 0.1) is 0 Å². The van der Waals surface area contributed by atoms with E-state index in [1.165, 1.54) is 21.1 Å². The van der Waals surface area contributed by atoms with Gasteiger partial charge in [0.25, 0.3) is 0 Å². The van der Waals surface area contributed by atoms with Gasteiger partial charge in [0, 0.05) is 12.3 Å². The Morgan fingerprint density at radius 1 is 1.07 bits per heavy atom. The Bertz CT molecular complexity index is 127. The quantitative estimate of drug-likeness (QED) is 0.606. The van der Waals surface area contributed by atoms with Gasteiger partial charge in [-0.3, -0.25) is 4.79 Å². The summed E-state index contributed by atoms with van der Waals surface area (Å²) in [6.07, 6.45) is 3.10. The molecule has 0 saturated heterocycles. The number of carbonyl (C=O) groups excluding carboxylic acids is 1. The van der Waals surface area contributed by atoms with Gasteiger partial charge < -0.3 is 17.2 Å². The lowest BCUT2D eigenvalue weighted by Crippen LogP contribution is -2.12. The molecule has 0 amide bonds. The predicted molar refractivity (Wildman–Crippen MR) is 67.5 cm³/mol. The fraction of sp³-hybridized carbons (Fsp3) is 0.909. The number of rotatable bonds is 1. The molecule has 0 radical (unpaired) electrons. The summed E-state index contributed by atoms with van der Waals surface area (Å²) in [5, 5.41) is 0. The van der Waals surface area contributed by atoms with Crippen molar-refractivity contribution in [2.45, 2.75) is 33.1 Å². The van der Waals surface area contributed by atoms with Crippen molar-refractivity contribution < 1.29 is 4.79 Å². The van der Waals surface area contributed by atoms with Crippen LogP contribution in [0.3, 0.4) is 0 Å². The molecule has 6 N–H and O–H groups in total. The van der Waals surface area contributed by atoms with Crippen LogP contribution in [0.25, 0.3) is 0 Å². The van der Waals surface area contributed by atoms with Crippen LogP contribution in [0.1, 0.15) is 33.1 Å². The van der Waals surface area contributed by atoms with Gasteiger partial charge in [-0.2, -0.15) is 0 Å². The fourth-order valence-electron chi connectivity index (χ4n) is 1.55.